The molecule has 1 aliphatic carbocycles. The molecule has 0 bridgehead atoms. The van der Waals surface area contributed by atoms with Crippen LogP contribution >= 0.6 is 0 Å². The fourth-order valence-corrected chi connectivity index (χ4v) is 7.10. The lowest BCUT2D eigenvalue weighted by atomic mass is 9.63. The van der Waals surface area contributed by atoms with Gasteiger partial charge in [0.05, 0.1) is 33.4 Å². The van der Waals surface area contributed by atoms with Gasteiger partial charge in [-0.2, -0.15) is 0 Å². The average Bonchev–Trinajstić information content (AvgIpc) is 3.40. The second kappa shape index (κ2) is 9.54. The molecule has 0 unspecified atom stereocenters. The molecule has 6 rings (SSSR count). The van der Waals surface area contributed by atoms with Crippen molar-refractivity contribution in [3.8, 4) is 17.2 Å². The zero-order chi connectivity index (χ0) is 30.1. The molecule has 0 saturated carbocycles. The standard InChI is InChI=1S/C34H32FNO6/c1-33(2,3)32(39)27-26(22-13-15-24(40-4)29(42-6)28(22)41-5)34(30(37)20-9-7-8-10-21(20)31(34)38)25-16-11-18-17-19(35)12-14-23(18)36(25)27/h7-17,25-27H,1-6H3/t25-,26-,27+/m1/s1. The van der Waals surface area contributed by atoms with Crippen LogP contribution in [0.2, 0.25) is 0 Å². The average molecular weight is 570 g/mol. The summed E-state index contributed by atoms with van der Waals surface area (Å²) in [6, 6.07) is 12.7. The van der Waals surface area contributed by atoms with Crippen molar-refractivity contribution < 1.29 is 33.0 Å². The first kappa shape index (κ1) is 27.7. The van der Waals surface area contributed by atoms with E-state index in [1.165, 1.54) is 33.5 Å². The number of fused-ring (bicyclic) bond motifs is 5. The molecule has 8 heteroatoms. The van der Waals surface area contributed by atoms with Crippen LogP contribution in [-0.4, -0.2) is 50.8 Å². The number of anilines is 1. The first-order valence-corrected chi connectivity index (χ1v) is 13.8. The number of halogens is 1. The summed E-state index contributed by atoms with van der Waals surface area (Å²) in [4.78, 5) is 46.0. The third-order valence-electron chi connectivity index (χ3n) is 8.84. The molecular formula is C34H32FNO6. The number of carbonyl (C=O) groups excluding carboxylic acids is 3. The van der Waals surface area contributed by atoms with E-state index in [4.69, 9.17) is 14.2 Å². The number of ketones is 3. The molecule has 3 aliphatic rings. The topological polar surface area (TPSA) is 82.1 Å². The molecule has 0 N–H and O–H groups in total. The Morgan fingerprint density at radius 2 is 1.52 bits per heavy atom. The Bertz CT molecular complexity index is 1650. The highest BCUT2D eigenvalue weighted by Gasteiger charge is 2.72. The summed E-state index contributed by atoms with van der Waals surface area (Å²) >= 11 is 0. The maximum absolute atomic E-state index is 14.8. The number of hydrogen-bond acceptors (Lipinski definition) is 7. The van der Waals surface area contributed by atoms with Gasteiger partial charge in [-0.25, -0.2) is 4.39 Å². The monoisotopic (exact) mass is 569 g/mol. The molecule has 2 heterocycles. The summed E-state index contributed by atoms with van der Waals surface area (Å²) < 4.78 is 31.5. The molecule has 42 heavy (non-hydrogen) atoms. The first-order valence-electron chi connectivity index (χ1n) is 13.8. The van der Waals surface area contributed by atoms with Crippen LogP contribution in [0.5, 0.6) is 17.2 Å². The number of ether oxygens (including phenoxy) is 3. The highest BCUT2D eigenvalue weighted by molar-refractivity contribution is 6.32. The van der Waals surface area contributed by atoms with E-state index in [-0.39, 0.29) is 28.8 Å². The molecule has 0 aromatic heterocycles. The third-order valence-corrected chi connectivity index (χ3v) is 8.84. The number of methoxy groups -OCH3 is 3. The molecule has 7 nitrogen and oxygen atoms in total. The minimum absolute atomic E-state index is 0.173. The van der Waals surface area contributed by atoms with Crippen molar-refractivity contribution in [3.63, 3.8) is 0 Å². The second-order valence-corrected chi connectivity index (χ2v) is 11.9. The fourth-order valence-electron chi connectivity index (χ4n) is 7.10. The van der Waals surface area contributed by atoms with Gasteiger partial charge in [-0.15, -0.1) is 0 Å². The Hall–Kier alpha value is -4.46. The van der Waals surface area contributed by atoms with Gasteiger partial charge in [-0.1, -0.05) is 63.3 Å². The van der Waals surface area contributed by atoms with Crippen LogP contribution in [0, 0.1) is 16.6 Å². The van der Waals surface area contributed by atoms with Crippen LogP contribution < -0.4 is 19.1 Å². The molecule has 0 amide bonds. The molecule has 216 valence electrons. The van der Waals surface area contributed by atoms with Crippen LogP contribution in [0.4, 0.5) is 10.1 Å². The van der Waals surface area contributed by atoms with Crippen molar-refractivity contribution in [2.45, 2.75) is 38.8 Å². The predicted molar refractivity (Wildman–Crippen MR) is 156 cm³/mol. The summed E-state index contributed by atoms with van der Waals surface area (Å²) in [5, 5.41) is 0. The van der Waals surface area contributed by atoms with E-state index in [0.717, 1.165) is 0 Å². The van der Waals surface area contributed by atoms with Crippen molar-refractivity contribution >= 4 is 29.1 Å². The maximum atomic E-state index is 14.8. The second-order valence-electron chi connectivity index (χ2n) is 11.9. The zero-order valence-corrected chi connectivity index (χ0v) is 24.4. The van der Waals surface area contributed by atoms with Crippen LogP contribution in [0.25, 0.3) is 6.08 Å². The molecular weight excluding hydrogens is 537 g/mol. The predicted octanol–water partition coefficient (Wildman–Crippen LogP) is 5.90. The Morgan fingerprint density at radius 1 is 0.881 bits per heavy atom. The van der Waals surface area contributed by atoms with Gasteiger partial charge >= 0.3 is 0 Å². The lowest BCUT2D eigenvalue weighted by molar-refractivity contribution is -0.127. The Labute approximate surface area is 243 Å². The molecule has 1 fully saturated rings. The Morgan fingerprint density at radius 3 is 2.10 bits per heavy atom. The van der Waals surface area contributed by atoms with E-state index >= 15 is 0 Å². The normalized spacial score (nSPS) is 21.7. The van der Waals surface area contributed by atoms with Crippen LogP contribution in [0.15, 0.2) is 60.7 Å². The summed E-state index contributed by atoms with van der Waals surface area (Å²) in [5.41, 5.74) is -0.346. The van der Waals surface area contributed by atoms with Gasteiger partial charge in [0.2, 0.25) is 5.75 Å². The lowest BCUT2D eigenvalue weighted by Crippen LogP contribution is -2.49. The summed E-state index contributed by atoms with van der Waals surface area (Å²) in [6.45, 7) is 5.45. The molecule has 1 spiro atoms. The molecule has 2 aliphatic heterocycles. The number of carbonyl (C=O) groups is 3. The molecule has 3 atom stereocenters. The van der Waals surface area contributed by atoms with Gasteiger partial charge in [0.25, 0.3) is 0 Å². The van der Waals surface area contributed by atoms with Gasteiger partial charge in [0.1, 0.15) is 11.2 Å². The van der Waals surface area contributed by atoms with E-state index in [1.807, 2.05) is 25.7 Å². The van der Waals surface area contributed by atoms with E-state index in [2.05, 4.69) is 0 Å². The third kappa shape index (κ3) is 3.53. The maximum Gasteiger partial charge on any atom is 0.203 e. The van der Waals surface area contributed by atoms with Crippen molar-refractivity contribution in [1.29, 1.82) is 0 Å². The minimum Gasteiger partial charge on any atom is -0.493 e. The van der Waals surface area contributed by atoms with Crippen LogP contribution in [0.1, 0.15) is 58.5 Å². The van der Waals surface area contributed by atoms with Crippen molar-refractivity contribution in [1.82, 2.24) is 0 Å². The van der Waals surface area contributed by atoms with Gasteiger partial charge in [0, 0.05) is 39.3 Å². The number of Topliss-reactive ketones (excluding diaryl/α,β-unsaturated/α-hetero) is 3. The quantitative estimate of drug-likeness (QED) is 0.354. The Kier molecular flexibility index (Phi) is 6.29. The van der Waals surface area contributed by atoms with E-state index < -0.39 is 34.6 Å². The summed E-state index contributed by atoms with van der Waals surface area (Å²) in [6.07, 6.45) is 3.50. The van der Waals surface area contributed by atoms with Crippen LogP contribution in [-0.2, 0) is 4.79 Å². The van der Waals surface area contributed by atoms with Gasteiger partial charge < -0.3 is 19.1 Å². The molecule has 3 aromatic carbocycles. The number of rotatable bonds is 5. The smallest absolute Gasteiger partial charge is 0.203 e. The van der Waals surface area contributed by atoms with Crippen molar-refractivity contribution in [2.24, 2.45) is 10.8 Å². The SMILES string of the molecule is COc1ccc([C@@H]2[C@@H](C(=O)C(C)(C)C)N3c4ccc(F)cc4C=C[C@@H]3C23C(=O)c2ccccc2C3=O)c(OC)c1OC. The largest absolute Gasteiger partial charge is 0.493 e. The van der Waals surface area contributed by atoms with Gasteiger partial charge in [0.15, 0.2) is 28.8 Å². The van der Waals surface area contributed by atoms with E-state index in [9.17, 15) is 18.8 Å². The fraction of sp³-hybridized carbons (Fsp3) is 0.324. The van der Waals surface area contributed by atoms with Crippen molar-refractivity contribution in [3.05, 3.63) is 88.7 Å². The van der Waals surface area contributed by atoms with Crippen LogP contribution in [0.3, 0.4) is 0 Å². The highest BCUT2D eigenvalue weighted by Crippen LogP contribution is 2.63. The Balaban J connectivity index is 1.75. The van der Waals surface area contributed by atoms with Gasteiger partial charge in [-0.05, 0) is 24.3 Å². The summed E-state index contributed by atoms with van der Waals surface area (Å²) in [7, 11) is 4.45. The lowest BCUT2D eigenvalue weighted by Gasteiger charge is -2.38. The minimum atomic E-state index is -1.72. The van der Waals surface area contributed by atoms with Crippen molar-refractivity contribution in [2.75, 3.05) is 26.2 Å². The molecule has 3 aromatic rings. The first-order chi connectivity index (χ1) is 20.0. The van der Waals surface area contributed by atoms with Gasteiger partial charge in [-0.3, -0.25) is 14.4 Å². The summed E-state index contributed by atoms with van der Waals surface area (Å²) in [5.74, 6) is -1.36. The zero-order valence-electron chi connectivity index (χ0n) is 24.4. The molecule has 1 saturated heterocycles. The number of hydrogen-bond donors (Lipinski definition) is 0. The number of nitrogens with zero attached hydrogens (tertiary/aromatic N) is 1. The molecule has 0 radical (unpaired) electrons. The number of benzene rings is 3. The van der Waals surface area contributed by atoms with E-state index in [0.29, 0.717) is 33.7 Å². The highest BCUT2D eigenvalue weighted by atomic mass is 19.1. The van der Waals surface area contributed by atoms with E-state index in [1.54, 1.807) is 54.6 Å².